The largest absolute Gasteiger partial charge is 0.481 e. The van der Waals surface area contributed by atoms with Gasteiger partial charge in [-0.15, -0.1) is 0 Å². The van der Waals surface area contributed by atoms with Crippen LogP contribution in [-0.2, 0) is 4.79 Å². The zero-order chi connectivity index (χ0) is 27.1. The minimum Gasteiger partial charge on any atom is -0.481 e. The molecule has 2 aliphatic rings. The predicted octanol–water partition coefficient (Wildman–Crippen LogP) is 3.70. The van der Waals surface area contributed by atoms with Crippen LogP contribution in [0.4, 0.5) is 23.1 Å². The van der Waals surface area contributed by atoms with Crippen molar-refractivity contribution in [1.29, 1.82) is 5.26 Å². The first kappa shape index (κ1) is 26.9. The number of aryl methyl sites for hydroxylation is 1. The lowest BCUT2D eigenvalue weighted by molar-refractivity contribution is -0.138. The van der Waals surface area contributed by atoms with Crippen LogP contribution in [0.2, 0.25) is 0 Å². The number of nitriles is 1. The van der Waals surface area contributed by atoms with E-state index >= 15 is 0 Å². The second-order valence-corrected chi connectivity index (χ2v) is 9.92. The number of benzene rings is 1. The number of carbonyl (C=O) groups excluding carboxylic acids is 1. The van der Waals surface area contributed by atoms with Crippen molar-refractivity contribution in [2.75, 3.05) is 41.3 Å². The highest BCUT2D eigenvalue weighted by atomic mass is 16.4. The number of anilines is 4. The second kappa shape index (κ2) is 12.4. The summed E-state index contributed by atoms with van der Waals surface area (Å²) in [5, 5.41) is 24.9. The van der Waals surface area contributed by atoms with E-state index in [9.17, 15) is 9.59 Å². The van der Waals surface area contributed by atoms with Crippen LogP contribution in [0.25, 0.3) is 0 Å². The van der Waals surface area contributed by atoms with Gasteiger partial charge >= 0.3 is 5.97 Å². The van der Waals surface area contributed by atoms with Gasteiger partial charge in [0.1, 0.15) is 11.4 Å². The van der Waals surface area contributed by atoms with Crippen LogP contribution in [0, 0.1) is 30.1 Å². The molecule has 1 aromatic carbocycles. The summed E-state index contributed by atoms with van der Waals surface area (Å²) in [6, 6.07) is 10.2. The summed E-state index contributed by atoms with van der Waals surface area (Å²) in [5.41, 5.74) is 5.04. The van der Waals surface area contributed by atoms with E-state index in [-0.39, 0.29) is 12.3 Å². The highest BCUT2D eigenvalue weighted by molar-refractivity contribution is 6.00. The first-order valence-corrected chi connectivity index (χ1v) is 13.0. The van der Waals surface area contributed by atoms with Crippen LogP contribution in [0.5, 0.6) is 0 Å². The van der Waals surface area contributed by atoms with Gasteiger partial charge in [-0.2, -0.15) is 15.3 Å². The van der Waals surface area contributed by atoms with Gasteiger partial charge in [0.05, 0.1) is 11.8 Å². The molecule has 0 saturated carbocycles. The van der Waals surface area contributed by atoms with Crippen molar-refractivity contribution in [3.63, 3.8) is 0 Å². The van der Waals surface area contributed by atoms with E-state index in [1.54, 1.807) is 6.92 Å². The van der Waals surface area contributed by atoms with Crippen LogP contribution >= 0.6 is 0 Å². The number of carbonyl (C=O) groups is 2. The van der Waals surface area contributed by atoms with Crippen LogP contribution in [0.15, 0.2) is 29.4 Å². The van der Waals surface area contributed by atoms with Gasteiger partial charge in [-0.1, -0.05) is 0 Å². The monoisotopic (exact) mass is 518 g/mol. The van der Waals surface area contributed by atoms with Gasteiger partial charge in [0.2, 0.25) is 5.95 Å². The van der Waals surface area contributed by atoms with E-state index in [4.69, 9.17) is 15.4 Å². The molecule has 2 saturated heterocycles. The molecule has 2 aromatic rings. The average molecular weight is 519 g/mol. The molecule has 11 nitrogen and oxygen atoms in total. The smallest absolute Gasteiger partial charge is 0.303 e. The number of nitrogens with zero attached hydrogens (tertiary/aromatic N) is 6. The molecule has 11 heteroatoms. The lowest BCUT2D eigenvalue weighted by Crippen LogP contribution is -2.35. The number of aromatic nitrogens is 2. The van der Waals surface area contributed by atoms with Crippen molar-refractivity contribution in [2.24, 2.45) is 16.9 Å². The van der Waals surface area contributed by atoms with E-state index in [2.05, 4.69) is 43.4 Å². The Kier molecular flexibility index (Phi) is 8.73. The minimum absolute atomic E-state index is 0.228. The molecular weight excluding hydrogens is 484 g/mol. The number of carboxylic acid groups (broad SMARTS) is 1. The number of rotatable bonds is 9. The molecule has 200 valence electrons. The minimum atomic E-state index is -0.734. The zero-order valence-electron chi connectivity index (χ0n) is 21.7. The summed E-state index contributed by atoms with van der Waals surface area (Å²) < 4.78 is 0. The molecule has 0 aliphatic carbocycles. The molecule has 3 N–H and O–H groups in total. The average Bonchev–Trinajstić information content (AvgIpc) is 2.90. The number of hydrogen-bond acceptors (Lipinski definition) is 9. The van der Waals surface area contributed by atoms with Crippen molar-refractivity contribution >= 4 is 41.7 Å². The molecular formula is C27H34N8O3. The van der Waals surface area contributed by atoms with Gasteiger partial charge in [0.15, 0.2) is 0 Å². The fraction of sp³-hybridized carbons (Fsp3) is 0.481. The highest BCUT2D eigenvalue weighted by Crippen LogP contribution is 2.30. The van der Waals surface area contributed by atoms with Crippen LogP contribution in [0.3, 0.4) is 0 Å². The second-order valence-electron chi connectivity index (χ2n) is 9.92. The van der Waals surface area contributed by atoms with Crippen molar-refractivity contribution in [3.8, 4) is 6.07 Å². The number of aliphatic carboxylic acids is 1. The topological polar surface area (TPSA) is 147 Å². The van der Waals surface area contributed by atoms with Crippen LogP contribution in [0.1, 0.15) is 54.6 Å². The highest BCUT2D eigenvalue weighted by Gasteiger charge is 2.25. The van der Waals surface area contributed by atoms with E-state index in [0.29, 0.717) is 35.4 Å². The summed E-state index contributed by atoms with van der Waals surface area (Å²) in [6.07, 6.45) is 4.31. The maximum absolute atomic E-state index is 12.8. The Balaban J connectivity index is 1.51. The van der Waals surface area contributed by atoms with Crippen molar-refractivity contribution < 1.29 is 14.7 Å². The van der Waals surface area contributed by atoms with Crippen LogP contribution in [-0.4, -0.2) is 59.8 Å². The number of hydrogen-bond donors (Lipinski definition) is 3. The van der Waals surface area contributed by atoms with Gasteiger partial charge in [-0.25, -0.2) is 10.4 Å². The molecule has 0 atom stereocenters. The van der Waals surface area contributed by atoms with Gasteiger partial charge in [-0.05, 0) is 68.7 Å². The Morgan fingerprint density at radius 3 is 2.32 bits per heavy atom. The summed E-state index contributed by atoms with van der Waals surface area (Å²) >= 11 is 0. The zero-order valence-corrected chi connectivity index (χ0v) is 21.7. The summed E-state index contributed by atoms with van der Waals surface area (Å²) in [6.45, 7) is 8.27. The molecule has 2 fully saturated rings. The van der Waals surface area contributed by atoms with E-state index in [1.165, 1.54) is 0 Å². The molecule has 0 unspecified atom stereocenters. The Morgan fingerprint density at radius 2 is 1.71 bits per heavy atom. The molecule has 0 radical (unpaired) electrons. The van der Waals surface area contributed by atoms with E-state index in [0.717, 1.165) is 63.2 Å². The Morgan fingerprint density at radius 1 is 1.08 bits per heavy atom. The van der Waals surface area contributed by atoms with Gasteiger partial charge in [0.25, 0.3) is 5.91 Å². The predicted molar refractivity (Wildman–Crippen MR) is 146 cm³/mol. The number of piperidine rings is 2. The number of carboxylic acids is 1. The molecule has 3 heterocycles. The van der Waals surface area contributed by atoms with E-state index < -0.39 is 11.9 Å². The molecule has 4 rings (SSSR count). The lowest BCUT2D eigenvalue weighted by Gasteiger charge is -2.33. The third-order valence-electron chi connectivity index (χ3n) is 7.34. The molecule has 38 heavy (non-hydrogen) atoms. The molecule has 1 aromatic heterocycles. The summed E-state index contributed by atoms with van der Waals surface area (Å²) in [4.78, 5) is 37.5. The van der Waals surface area contributed by atoms with Crippen molar-refractivity contribution in [3.05, 3.63) is 35.5 Å². The lowest BCUT2D eigenvalue weighted by atomic mass is 9.93. The quantitative estimate of drug-likeness (QED) is 0.334. The fourth-order valence-electron chi connectivity index (χ4n) is 5.19. The number of amides is 1. The van der Waals surface area contributed by atoms with E-state index in [1.807, 2.05) is 24.3 Å². The Hall–Kier alpha value is -4.20. The van der Waals surface area contributed by atoms with Gasteiger partial charge in [-0.3, -0.25) is 9.59 Å². The number of hydrazone groups is 1. The van der Waals surface area contributed by atoms with Gasteiger partial charge in [0, 0.05) is 57.1 Å². The SMILES string of the molecule is C=NNC(=O)c1c(C)nc(N2CCC(CC#N)CC2)nc1Nc1ccc(N2CCC(CC(=O)O)CC2)cc1. The molecule has 1 amide bonds. The molecule has 0 bridgehead atoms. The fourth-order valence-corrected chi connectivity index (χ4v) is 5.19. The van der Waals surface area contributed by atoms with Crippen molar-refractivity contribution in [1.82, 2.24) is 15.4 Å². The third-order valence-corrected chi connectivity index (χ3v) is 7.34. The summed E-state index contributed by atoms with van der Waals surface area (Å²) in [5.74, 6) is 0.369. The molecule has 2 aliphatic heterocycles. The summed E-state index contributed by atoms with van der Waals surface area (Å²) in [7, 11) is 0. The maximum Gasteiger partial charge on any atom is 0.303 e. The first-order chi connectivity index (χ1) is 18.4. The standard InChI is InChI=1S/C27H34N8O3/c1-18-24(26(38)33-29-2)25(32-27(30-18)35-15-8-19(7-12-28)9-16-35)31-21-3-5-22(6-4-21)34-13-10-20(11-14-34)17-23(36)37/h3-6,19-20H,2,7-11,13-17H2,1H3,(H,33,38)(H,36,37)(H,30,31,32). The third kappa shape index (κ3) is 6.56. The number of nitrogens with one attached hydrogen (secondary N) is 2. The normalized spacial score (nSPS) is 16.5. The Labute approximate surface area is 222 Å². The van der Waals surface area contributed by atoms with Crippen LogP contribution < -0.4 is 20.5 Å². The molecule has 0 spiro atoms. The maximum atomic E-state index is 12.8. The van der Waals surface area contributed by atoms with Crippen molar-refractivity contribution in [2.45, 2.75) is 45.4 Å². The van der Waals surface area contributed by atoms with Gasteiger partial charge < -0.3 is 20.2 Å². The first-order valence-electron chi connectivity index (χ1n) is 13.0. The Bertz CT molecular complexity index is 1190.